The van der Waals surface area contributed by atoms with Crippen molar-refractivity contribution in [2.75, 3.05) is 6.61 Å². The standard InChI is InChI=1S/C39H50O11/c1-21-14-24(6-9-32(21)48-22(2)40)25(15-34(42)43)16-36(45)50-28-10-12-37(4)27(18-28)7-8-30-31(37)19-33(49-23(3)41)38(5)29(11-13-39(30,38)46)26-17-35(44)47-20-26/h6,9,14,17,25,27-31,33,46H,7-8,10-13,15-16,18-20H2,1-5H3,(H,42,43)/t25?,27-,28+,29-,30-,31+,33-,37+,38+,39?/m1/s1. The lowest BCUT2D eigenvalue weighted by molar-refractivity contribution is -0.251. The molecular formula is C39H50O11. The second-order valence-electron chi connectivity index (χ2n) is 16.0. The number of hydrogen-bond acceptors (Lipinski definition) is 10. The van der Waals surface area contributed by atoms with Crippen molar-refractivity contribution in [2.24, 2.45) is 34.5 Å². The molecule has 50 heavy (non-hydrogen) atoms. The number of rotatable bonds is 9. The summed E-state index contributed by atoms with van der Waals surface area (Å²) in [5, 5.41) is 22.4. The maximum Gasteiger partial charge on any atom is 0.331 e. The lowest BCUT2D eigenvalue weighted by Crippen LogP contribution is -2.67. The van der Waals surface area contributed by atoms with E-state index in [9.17, 15) is 34.2 Å². The number of aliphatic carboxylic acids is 1. The Bertz CT molecular complexity index is 1600. The summed E-state index contributed by atoms with van der Waals surface area (Å²) in [6.45, 7) is 9.01. The second-order valence-corrected chi connectivity index (χ2v) is 16.0. The van der Waals surface area contributed by atoms with Crippen molar-refractivity contribution in [1.29, 1.82) is 0 Å². The molecule has 5 aliphatic rings. The third-order valence-electron chi connectivity index (χ3n) is 13.4. The minimum Gasteiger partial charge on any atom is -0.481 e. The molecule has 272 valence electrons. The molecule has 11 heteroatoms. The number of carboxylic acid groups (broad SMARTS) is 1. The summed E-state index contributed by atoms with van der Waals surface area (Å²) >= 11 is 0. The molecule has 10 atom stereocenters. The highest BCUT2D eigenvalue weighted by Gasteiger charge is 2.72. The van der Waals surface area contributed by atoms with Crippen molar-refractivity contribution in [3.8, 4) is 5.75 Å². The molecule has 2 N–H and O–H groups in total. The number of fused-ring (bicyclic) bond motifs is 5. The van der Waals surface area contributed by atoms with E-state index < -0.39 is 40.9 Å². The minimum atomic E-state index is -1.08. The number of ether oxygens (including phenoxy) is 4. The zero-order valence-electron chi connectivity index (χ0n) is 29.7. The molecule has 1 heterocycles. The molecule has 0 aromatic heterocycles. The zero-order valence-corrected chi connectivity index (χ0v) is 29.7. The molecule has 4 aliphatic carbocycles. The van der Waals surface area contributed by atoms with Crippen LogP contribution in [0.25, 0.3) is 0 Å². The lowest BCUT2D eigenvalue weighted by Gasteiger charge is -2.65. The molecule has 0 amide bonds. The largest absolute Gasteiger partial charge is 0.481 e. The van der Waals surface area contributed by atoms with Gasteiger partial charge < -0.3 is 29.2 Å². The van der Waals surface area contributed by atoms with Gasteiger partial charge in [0.15, 0.2) is 0 Å². The van der Waals surface area contributed by atoms with Crippen molar-refractivity contribution < 1.29 is 53.1 Å². The van der Waals surface area contributed by atoms with Crippen LogP contribution in [0.1, 0.15) is 109 Å². The number of carbonyl (C=O) groups excluding carboxylic acids is 4. The van der Waals surface area contributed by atoms with Gasteiger partial charge in [0.05, 0.1) is 18.4 Å². The molecule has 0 saturated heterocycles. The molecule has 6 rings (SSSR count). The molecule has 0 bridgehead atoms. The summed E-state index contributed by atoms with van der Waals surface area (Å²) in [6.07, 6.45) is 6.00. The van der Waals surface area contributed by atoms with E-state index in [1.165, 1.54) is 13.8 Å². The van der Waals surface area contributed by atoms with E-state index in [0.717, 1.165) is 24.8 Å². The van der Waals surface area contributed by atoms with E-state index in [4.69, 9.17) is 18.9 Å². The number of aliphatic hydroxyl groups is 1. The van der Waals surface area contributed by atoms with Crippen LogP contribution in [-0.4, -0.2) is 64.5 Å². The highest BCUT2D eigenvalue weighted by atomic mass is 16.6. The topological polar surface area (TPSA) is 163 Å². The fourth-order valence-corrected chi connectivity index (χ4v) is 11.0. The van der Waals surface area contributed by atoms with Crippen molar-refractivity contribution in [1.82, 2.24) is 0 Å². The van der Waals surface area contributed by atoms with Gasteiger partial charge in [-0.05, 0) is 110 Å². The van der Waals surface area contributed by atoms with Crippen LogP contribution in [0.5, 0.6) is 5.75 Å². The van der Waals surface area contributed by atoms with E-state index in [2.05, 4.69) is 6.92 Å². The first kappa shape index (κ1) is 36.1. The molecule has 0 radical (unpaired) electrons. The van der Waals surface area contributed by atoms with Gasteiger partial charge in [0, 0.05) is 31.3 Å². The predicted octanol–water partition coefficient (Wildman–Crippen LogP) is 5.58. The minimum absolute atomic E-state index is 0.00394. The van der Waals surface area contributed by atoms with Gasteiger partial charge in [0.1, 0.15) is 24.6 Å². The van der Waals surface area contributed by atoms with E-state index in [0.29, 0.717) is 49.0 Å². The summed E-state index contributed by atoms with van der Waals surface area (Å²) in [5.74, 6) is -2.72. The third-order valence-corrected chi connectivity index (χ3v) is 13.4. The summed E-state index contributed by atoms with van der Waals surface area (Å²) in [6, 6.07) is 5.06. The molecule has 1 aromatic carbocycles. The number of benzene rings is 1. The Morgan fingerprint density at radius 3 is 2.36 bits per heavy atom. The van der Waals surface area contributed by atoms with Gasteiger partial charge in [-0.15, -0.1) is 0 Å². The summed E-state index contributed by atoms with van der Waals surface area (Å²) < 4.78 is 22.6. The fraction of sp³-hybridized carbons (Fsp3) is 0.667. The Balaban J connectivity index is 1.16. The number of esters is 4. The van der Waals surface area contributed by atoms with Crippen LogP contribution in [0, 0.1) is 41.4 Å². The van der Waals surface area contributed by atoms with Crippen LogP contribution < -0.4 is 4.74 Å². The van der Waals surface area contributed by atoms with E-state index in [-0.39, 0.29) is 66.6 Å². The van der Waals surface area contributed by atoms with Crippen LogP contribution in [-0.2, 0) is 38.2 Å². The Morgan fingerprint density at radius 1 is 0.960 bits per heavy atom. The lowest BCUT2D eigenvalue weighted by atomic mass is 9.42. The third kappa shape index (κ3) is 6.35. The smallest absolute Gasteiger partial charge is 0.331 e. The molecular weight excluding hydrogens is 644 g/mol. The van der Waals surface area contributed by atoms with Crippen LogP contribution >= 0.6 is 0 Å². The van der Waals surface area contributed by atoms with Crippen molar-refractivity contribution >= 4 is 29.8 Å². The molecule has 4 saturated carbocycles. The average Bonchev–Trinajstić information content (AvgIpc) is 3.58. The van der Waals surface area contributed by atoms with Gasteiger partial charge in [-0.2, -0.15) is 0 Å². The molecule has 4 fully saturated rings. The maximum atomic E-state index is 13.3. The molecule has 11 nitrogen and oxygen atoms in total. The van der Waals surface area contributed by atoms with Crippen molar-refractivity contribution in [3.63, 3.8) is 0 Å². The van der Waals surface area contributed by atoms with Gasteiger partial charge in [-0.3, -0.25) is 19.2 Å². The monoisotopic (exact) mass is 694 g/mol. The van der Waals surface area contributed by atoms with Crippen molar-refractivity contribution in [3.05, 3.63) is 41.0 Å². The Labute approximate surface area is 293 Å². The van der Waals surface area contributed by atoms with Gasteiger partial charge >= 0.3 is 29.8 Å². The number of aryl methyl sites for hydroxylation is 1. The Hall–Kier alpha value is -3.73. The normalized spacial score (nSPS) is 36.5. The van der Waals surface area contributed by atoms with Gasteiger partial charge in [0.2, 0.25) is 0 Å². The van der Waals surface area contributed by atoms with Crippen LogP contribution in [0.2, 0.25) is 0 Å². The first-order valence-corrected chi connectivity index (χ1v) is 18.0. The molecule has 0 spiro atoms. The van der Waals surface area contributed by atoms with E-state index in [1.807, 2.05) is 6.92 Å². The van der Waals surface area contributed by atoms with E-state index >= 15 is 0 Å². The maximum absolute atomic E-state index is 13.3. The highest BCUT2D eigenvalue weighted by Crippen LogP contribution is 2.70. The van der Waals surface area contributed by atoms with Crippen LogP contribution in [0.4, 0.5) is 0 Å². The number of carboxylic acids is 1. The summed E-state index contributed by atoms with van der Waals surface area (Å²) in [5.41, 5.74) is 0.179. The van der Waals surface area contributed by atoms with Crippen molar-refractivity contribution in [2.45, 2.75) is 123 Å². The SMILES string of the molecule is CC(=O)Oc1ccc(C(CC(=O)O)CC(=O)O[C@H]2CC[C@@]3(C)[C@H](CC[C@@H]4[C@@H]3C[C@@H](OC(C)=O)[C@]3(C)[C@@H](C5=CC(=O)OC5)CCC43O)C2)cc1C. The first-order chi connectivity index (χ1) is 23.5. The second kappa shape index (κ2) is 13.4. The van der Waals surface area contributed by atoms with Crippen LogP contribution in [0.15, 0.2) is 29.8 Å². The Kier molecular flexibility index (Phi) is 9.69. The van der Waals surface area contributed by atoms with Gasteiger partial charge in [0.25, 0.3) is 0 Å². The van der Waals surface area contributed by atoms with Gasteiger partial charge in [-0.25, -0.2) is 4.79 Å². The summed E-state index contributed by atoms with van der Waals surface area (Å²) in [7, 11) is 0. The van der Waals surface area contributed by atoms with E-state index in [1.54, 1.807) is 31.2 Å². The average molecular weight is 695 g/mol. The number of carbonyl (C=O) groups is 5. The number of hydrogen-bond donors (Lipinski definition) is 2. The first-order valence-electron chi connectivity index (χ1n) is 18.0. The summed E-state index contributed by atoms with van der Waals surface area (Å²) in [4.78, 5) is 61.1. The quantitative estimate of drug-likeness (QED) is 0.189. The molecule has 2 unspecified atom stereocenters. The molecule has 1 aromatic rings. The number of cyclic esters (lactones) is 1. The predicted molar refractivity (Wildman–Crippen MR) is 179 cm³/mol. The fourth-order valence-electron chi connectivity index (χ4n) is 11.0. The molecule has 1 aliphatic heterocycles. The zero-order chi connectivity index (χ0) is 36.2. The van der Waals surface area contributed by atoms with Crippen LogP contribution in [0.3, 0.4) is 0 Å². The highest BCUT2D eigenvalue weighted by molar-refractivity contribution is 5.85. The Morgan fingerprint density at radius 2 is 1.72 bits per heavy atom. The van der Waals surface area contributed by atoms with Gasteiger partial charge in [-0.1, -0.05) is 26.0 Å².